The van der Waals surface area contributed by atoms with Crippen LogP contribution in [0.5, 0.6) is 0 Å². The van der Waals surface area contributed by atoms with Gasteiger partial charge >= 0.3 is 175 Å². The zero-order valence-electron chi connectivity index (χ0n) is 24.8. The molecule has 0 N–H and O–H groups in total. The van der Waals surface area contributed by atoms with Crippen LogP contribution in [0.15, 0.2) is 146 Å². The van der Waals surface area contributed by atoms with Crippen molar-refractivity contribution < 1.29 is 175 Å². The van der Waals surface area contributed by atoms with E-state index in [4.69, 9.17) is 0 Å². The Morgan fingerprint density at radius 1 is 0.333 bits per heavy atom. The molecule has 0 aliphatic rings. The Bertz CT molecular complexity index is 1590. The van der Waals surface area contributed by atoms with Gasteiger partial charge in [-0.1, -0.05) is 59.0 Å². The van der Waals surface area contributed by atoms with Crippen LogP contribution in [0.3, 0.4) is 0 Å². The first kappa shape index (κ1) is 36.8. The summed E-state index contributed by atoms with van der Waals surface area (Å²) in [6.45, 7) is 2.11. The number of nitrogens with zero attached hydrogens (tertiary/aromatic N) is 2. The zero-order valence-corrected chi connectivity index (χ0v) is 39.5. The molecule has 0 unspecified atom stereocenters. The minimum atomic E-state index is 0. The number of hydrogen-bond donors (Lipinski definition) is 0. The average molecular weight is 756 g/mol. The molecule has 6 aromatic carbocycles. The summed E-state index contributed by atoms with van der Waals surface area (Å²) in [4.78, 5) is 4.51. The first-order valence-electron chi connectivity index (χ1n) is 13.0. The van der Waals surface area contributed by atoms with Crippen molar-refractivity contribution in [2.24, 2.45) is 0 Å². The van der Waals surface area contributed by atoms with Gasteiger partial charge in [0.25, 0.3) is 0 Å². The van der Waals surface area contributed by atoms with Crippen LogP contribution in [0.25, 0.3) is 11.1 Å². The summed E-state index contributed by atoms with van der Waals surface area (Å²) >= 11 is 0. The molecule has 0 bridgehead atoms. The van der Waals surface area contributed by atoms with Crippen molar-refractivity contribution in [1.82, 2.24) is 0 Å². The topological polar surface area (TPSA) is 6.48 Å². The molecule has 188 valence electrons. The van der Waals surface area contributed by atoms with Crippen molar-refractivity contribution in [2.75, 3.05) is 9.80 Å². The van der Waals surface area contributed by atoms with Crippen LogP contribution in [0.1, 0.15) is 5.56 Å². The third-order valence-electron chi connectivity index (χ3n) is 6.75. The van der Waals surface area contributed by atoms with E-state index < -0.39 is 0 Å². The molecule has 0 saturated carbocycles. The van der Waals surface area contributed by atoms with E-state index in [2.05, 4.69) is 144 Å². The van der Waals surface area contributed by atoms with Crippen LogP contribution in [-0.4, -0.2) is 0 Å². The first-order chi connectivity index (χ1) is 19.3. The summed E-state index contributed by atoms with van der Waals surface area (Å²) in [6.07, 6.45) is 0. The summed E-state index contributed by atoms with van der Waals surface area (Å²) in [5.74, 6) is 0. The summed E-state index contributed by atoms with van der Waals surface area (Å²) in [5.41, 5.74) is 10.2. The van der Waals surface area contributed by atoms with Gasteiger partial charge < -0.3 is 9.80 Å². The van der Waals surface area contributed by atoms with Crippen molar-refractivity contribution >= 4 is 34.1 Å². The summed E-state index contributed by atoms with van der Waals surface area (Å²) in [7, 11) is 0. The third-order valence-corrected chi connectivity index (χ3v) is 6.75. The SMILES string of the molecule is Cc1ccc(N(c2cc[c-]cc2)c2ccc(-c3ccc(N(c4cc[c-]cc4)c4cc[c-]cc4)cc3)cc2)cc1.[Rb+].[Rb+].[Rb+]. The van der Waals surface area contributed by atoms with E-state index in [1.165, 1.54) is 16.7 Å². The van der Waals surface area contributed by atoms with Crippen LogP contribution in [0.4, 0.5) is 34.1 Å². The monoisotopic (exact) mass is 754 g/mol. The average Bonchev–Trinajstić information content (AvgIpc) is 3.01. The van der Waals surface area contributed by atoms with Crippen LogP contribution in [0.2, 0.25) is 0 Å². The van der Waals surface area contributed by atoms with Crippen LogP contribution >= 0.6 is 0 Å². The third kappa shape index (κ3) is 9.21. The number of aryl methyl sites for hydroxylation is 1. The number of hydrogen-bond acceptors (Lipinski definition) is 2. The molecule has 0 aliphatic heterocycles. The van der Waals surface area contributed by atoms with Crippen molar-refractivity contribution in [1.29, 1.82) is 0 Å². The smallest absolute Gasteiger partial charge is 0.358 e. The van der Waals surface area contributed by atoms with E-state index in [1.54, 1.807) is 0 Å². The van der Waals surface area contributed by atoms with Crippen molar-refractivity contribution in [3.63, 3.8) is 0 Å². The number of benzene rings is 6. The Balaban J connectivity index is 0.00000161. The molecule has 0 fully saturated rings. The molecule has 0 amide bonds. The van der Waals surface area contributed by atoms with E-state index in [9.17, 15) is 0 Å². The Labute approximate surface area is 396 Å². The van der Waals surface area contributed by atoms with Crippen molar-refractivity contribution in [3.05, 3.63) is 169 Å². The van der Waals surface area contributed by atoms with Gasteiger partial charge in [0.2, 0.25) is 0 Å². The van der Waals surface area contributed by atoms with Gasteiger partial charge in [-0.2, -0.15) is 54.6 Å². The predicted molar refractivity (Wildman–Crippen MR) is 162 cm³/mol. The second kappa shape index (κ2) is 18.5. The van der Waals surface area contributed by atoms with E-state index in [1.807, 2.05) is 36.4 Å². The van der Waals surface area contributed by atoms with Gasteiger partial charge in [0.05, 0.1) is 0 Å². The summed E-state index contributed by atoms with van der Waals surface area (Å²) in [5, 5.41) is 0. The van der Waals surface area contributed by atoms with Gasteiger partial charge in [-0.15, -0.1) is 36.4 Å². The Hall–Kier alpha value is 0.336. The van der Waals surface area contributed by atoms with Crippen LogP contribution in [0, 0.1) is 25.1 Å². The molecule has 0 atom stereocenters. The molecular formula is C37H27N2Rb3. The van der Waals surface area contributed by atoms with Crippen LogP contribution < -0.4 is 184 Å². The Morgan fingerprint density at radius 2 is 0.571 bits per heavy atom. The molecule has 0 heterocycles. The Morgan fingerprint density at radius 3 is 0.857 bits per heavy atom. The quantitative estimate of drug-likeness (QED) is 0.225. The molecule has 0 radical (unpaired) electrons. The molecule has 0 spiro atoms. The summed E-state index contributed by atoms with van der Waals surface area (Å²) < 4.78 is 0. The van der Waals surface area contributed by atoms with Gasteiger partial charge in [0.1, 0.15) is 0 Å². The largest absolute Gasteiger partial charge is 1.00 e. The number of anilines is 6. The van der Waals surface area contributed by atoms with Crippen molar-refractivity contribution in [3.8, 4) is 11.1 Å². The van der Waals surface area contributed by atoms with Gasteiger partial charge in [-0.05, 0) is 54.4 Å². The molecule has 0 aromatic heterocycles. The van der Waals surface area contributed by atoms with Gasteiger partial charge in [0.15, 0.2) is 0 Å². The zero-order chi connectivity index (χ0) is 26.4. The van der Waals surface area contributed by atoms with E-state index in [0.717, 1.165) is 34.1 Å². The normalized spacial score (nSPS) is 9.93. The van der Waals surface area contributed by atoms with Crippen LogP contribution in [-0.2, 0) is 0 Å². The number of rotatable bonds is 7. The molecule has 6 aromatic rings. The maximum atomic E-state index is 3.13. The Kier molecular flexibility index (Phi) is 16.2. The first-order valence-corrected chi connectivity index (χ1v) is 13.0. The minimum Gasteiger partial charge on any atom is -0.358 e. The fourth-order valence-corrected chi connectivity index (χ4v) is 4.78. The maximum Gasteiger partial charge on any atom is 1.00 e. The van der Waals surface area contributed by atoms with Gasteiger partial charge in [-0.25, -0.2) is 0 Å². The fourth-order valence-electron chi connectivity index (χ4n) is 4.78. The maximum absolute atomic E-state index is 3.13. The molecule has 6 rings (SSSR count). The van der Waals surface area contributed by atoms with Gasteiger partial charge in [0, 0.05) is 17.1 Å². The fraction of sp³-hybridized carbons (Fsp3) is 0.0270. The summed E-state index contributed by atoms with van der Waals surface area (Å²) in [6, 6.07) is 59.7. The molecule has 42 heavy (non-hydrogen) atoms. The molecule has 0 saturated heterocycles. The van der Waals surface area contributed by atoms with Crippen molar-refractivity contribution in [2.45, 2.75) is 6.92 Å². The molecule has 5 heteroatoms. The van der Waals surface area contributed by atoms with E-state index in [-0.39, 0.29) is 175 Å². The van der Waals surface area contributed by atoms with E-state index >= 15 is 0 Å². The molecule has 0 aliphatic carbocycles. The second-order valence-electron chi connectivity index (χ2n) is 9.37. The van der Waals surface area contributed by atoms with E-state index in [0.29, 0.717) is 0 Å². The predicted octanol–water partition coefficient (Wildman–Crippen LogP) is 1.01. The van der Waals surface area contributed by atoms with Gasteiger partial charge in [-0.3, -0.25) is 0 Å². The standard InChI is InChI=1S/C37H27N2.3Rb/c1-29-17-23-35(24-18-29)39(34-15-9-4-10-16-34)37-27-21-31(22-28-37)30-19-25-36(26-20-30)38(32-11-5-2-6-12-32)33-13-7-3-8-14-33;;;/h5-28H,1H3;;;/q-3;3*+1. The minimum absolute atomic E-state index is 0. The molecule has 2 nitrogen and oxygen atoms in total. The molecular weight excluding hydrogens is 729 g/mol. The second-order valence-corrected chi connectivity index (χ2v) is 9.37.